The number of aromatic nitrogens is 2. The predicted octanol–water partition coefficient (Wildman–Crippen LogP) is 4.90. The van der Waals surface area contributed by atoms with Crippen LogP contribution in [0.25, 0.3) is 10.9 Å². The maximum atomic E-state index is 6.14. The van der Waals surface area contributed by atoms with E-state index in [0.29, 0.717) is 10.6 Å². The fourth-order valence-corrected chi connectivity index (χ4v) is 5.63. The van der Waals surface area contributed by atoms with Gasteiger partial charge in [-0.3, -0.25) is 20.0 Å². The number of rotatable bonds is 6. The summed E-state index contributed by atoms with van der Waals surface area (Å²) in [5.74, 6) is 0. The van der Waals surface area contributed by atoms with E-state index >= 15 is 0 Å². The van der Waals surface area contributed by atoms with E-state index in [0.717, 1.165) is 29.7 Å². The van der Waals surface area contributed by atoms with Crippen LogP contribution in [0, 0.1) is 13.8 Å². The van der Waals surface area contributed by atoms with Crippen LogP contribution in [-0.4, -0.2) is 39.7 Å². The molecule has 158 valence electrons. The Labute approximate surface area is 183 Å². The lowest BCUT2D eigenvalue weighted by molar-refractivity contribution is 0.189. The molecule has 2 aliphatic rings. The van der Waals surface area contributed by atoms with Crippen LogP contribution in [0.1, 0.15) is 42.6 Å². The average Bonchev–Trinajstić information content (AvgIpc) is 3.37. The van der Waals surface area contributed by atoms with E-state index in [4.69, 9.17) is 11.6 Å². The summed E-state index contributed by atoms with van der Waals surface area (Å²) in [5, 5.41) is 5.55. The minimum absolute atomic E-state index is 0.418. The van der Waals surface area contributed by atoms with Crippen LogP contribution in [0.5, 0.6) is 0 Å². The molecule has 6 heteroatoms. The number of halogens is 1. The summed E-state index contributed by atoms with van der Waals surface area (Å²) in [6.45, 7) is 8.91. The topological polar surface area (TPSA) is 45.1 Å². The van der Waals surface area contributed by atoms with E-state index in [1.54, 1.807) is 0 Å². The normalized spacial score (nSPS) is 18.2. The fraction of sp³-hybridized carbons (Fsp3) is 0.458. The van der Waals surface area contributed by atoms with Gasteiger partial charge in [0.15, 0.2) is 0 Å². The number of anilines is 1. The highest BCUT2D eigenvalue weighted by atomic mass is 35.5. The molecule has 0 unspecified atom stereocenters. The Balaban J connectivity index is 1.32. The highest BCUT2D eigenvalue weighted by Crippen LogP contribution is 2.38. The molecule has 5 rings (SSSR count). The number of aryl methyl sites for hydroxylation is 1. The molecule has 0 bridgehead atoms. The molecule has 2 aliphatic heterocycles. The molecule has 3 aromatic rings. The van der Waals surface area contributed by atoms with E-state index in [1.165, 1.54) is 55.7 Å². The van der Waals surface area contributed by atoms with Crippen LogP contribution < -0.4 is 10.7 Å². The van der Waals surface area contributed by atoms with E-state index in [9.17, 15) is 0 Å². The van der Waals surface area contributed by atoms with Crippen molar-refractivity contribution in [3.05, 3.63) is 58.5 Å². The molecular formula is C24H30ClN5. The van der Waals surface area contributed by atoms with Crippen LogP contribution in [0.4, 0.5) is 5.69 Å². The van der Waals surface area contributed by atoms with Crippen LogP contribution >= 0.6 is 11.6 Å². The van der Waals surface area contributed by atoms with Gasteiger partial charge in [-0.2, -0.15) is 0 Å². The molecule has 0 aliphatic carbocycles. The lowest BCUT2D eigenvalue weighted by Crippen LogP contribution is -2.46. The first-order chi connectivity index (χ1) is 14.6. The van der Waals surface area contributed by atoms with Gasteiger partial charge >= 0.3 is 0 Å². The van der Waals surface area contributed by atoms with E-state index in [2.05, 4.69) is 45.2 Å². The molecule has 0 amide bonds. The third kappa shape index (κ3) is 3.49. The number of hydrogen-bond acceptors (Lipinski definition) is 4. The zero-order chi connectivity index (χ0) is 20.7. The van der Waals surface area contributed by atoms with Crippen molar-refractivity contribution in [2.45, 2.75) is 51.6 Å². The Morgan fingerprint density at radius 1 is 1.10 bits per heavy atom. The van der Waals surface area contributed by atoms with Crippen molar-refractivity contribution in [3.63, 3.8) is 0 Å². The summed E-state index contributed by atoms with van der Waals surface area (Å²) in [6, 6.07) is 10.1. The third-order valence-electron chi connectivity index (χ3n) is 7.05. The van der Waals surface area contributed by atoms with Gasteiger partial charge in [0.2, 0.25) is 0 Å². The molecule has 1 aromatic carbocycles. The average molecular weight is 424 g/mol. The van der Waals surface area contributed by atoms with Crippen molar-refractivity contribution in [2.75, 3.05) is 25.1 Å². The molecular weight excluding hydrogens is 394 g/mol. The summed E-state index contributed by atoms with van der Waals surface area (Å²) in [5.41, 5.74) is 9.72. The zero-order valence-electron chi connectivity index (χ0n) is 17.8. The number of pyridine rings is 1. The van der Waals surface area contributed by atoms with Crippen molar-refractivity contribution >= 4 is 28.2 Å². The van der Waals surface area contributed by atoms with E-state index in [1.807, 2.05) is 30.5 Å². The van der Waals surface area contributed by atoms with E-state index < -0.39 is 0 Å². The molecule has 2 N–H and O–H groups in total. The largest absolute Gasteiger partial charge is 0.311 e. The third-order valence-corrected chi connectivity index (χ3v) is 7.29. The second-order valence-electron chi connectivity index (χ2n) is 8.89. The Kier molecular flexibility index (Phi) is 5.21. The number of nitrogens with zero attached hydrogens (tertiary/aromatic N) is 3. The minimum Gasteiger partial charge on any atom is -0.311 e. The van der Waals surface area contributed by atoms with Crippen molar-refractivity contribution in [1.29, 1.82) is 0 Å². The molecule has 0 radical (unpaired) electrons. The molecule has 4 heterocycles. The van der Waals surface area contributed by atoms with Crippen LogP contribution in [0.3, 0.4) is 0 Å². The maximum absolute atomic E-state index is 6.14. The number of benzene rings is 1. The Morgan fingerprint density at radius 3 is 2.70 bits per heavy atom. The van der Waals surface area contributed by atoms with Gasteiger partial charge in [0, 0.05) is 46.6 Å². The standard InChI is InChI=1S/C24H30ClN5/c1-17-13-19(15-26-16-24-8-3-11-29(24)12-4-9-24)18(2)30(17)28-22-7-10-27-23-14-20(25)5-6-21(22)23/h5-7,10,13-14,26H,3-4,8-9,11-12,15-16H2,1-2H3,(H,27,28). The highest BCUT2D eigenvalue weighted by Gasteiger charge is 2.43. The van der Waals surface area contributed by atoms with Gasteiger partial charge in [-0.05, 0) is 88.5 Å². The zero-order valence-corrected chi connectivity index (χ0v) is 18.6. The lowest BCUT2D eigenvalue weighted by atomic mass is 9.94. The summed E-state index contributed by atoms with van der Waals surface area (Å²) in [6.07, 6.45) is 7.22. The quantitative estimate of drug-likeness (QED) is 0.591. The number of fused-ring (bicyclic) bond motifs is 2. The number of hydrogen-bond donors (Lipinski definition) is 2. The van der Waals surface area contributed by atoms with Crippen molar-refractivity contribution in [2.24, 2.45) is 0 Å². The van der Waals surface area contributed by atoms with Gasteiger partial charge in [-0.15, -0.1) is 0 Å². The van der Waals surface area contributed by atoms with Gasteiger partial charge in [0.25, 0.3) is 0 Å². The second-order valence-corrected chi connectivity index (χ2v) is 9.32. The van der Waals surface area contributed by atoms with Crippen LogP contribution in [0.15, 0.2) is 36.5 Å². The van der Waals surface area contributed by atoms with Crippen LogP contribution in [-0.2, 0) is 6.54 Å². The predicted molar refractivity (Wildman–Crippen MR) is 124 cm³/mol. The molecule has 0 spiro atoms. The van der Waals surface area contributed by atoms with E-state index in [-0.39, 0.29) is 0 Å². The Bertz CT molecular complexity index is 1060. The van der Waals surface area contributed by atoms with Gasteiger partial charge < -0.3 is 5.32 Å². The van der Waals surface area contributed by atoms with Gasteiger partial charge in [-0.25, -0.2) is 0 Å². The molecule has 5 nitrogen and oxygen atoms in total. The highest BCUT2D eigenvalue weighted by molar-refractivity contribution is 6.31. The summed E-state index contributed by atoms with van der Waals surface area (Å²) < 4.78 is 2.18. The molecule has 2 fully saturated rings. The second kappa shape index (κ2) is 7.88. The molecule has 2 aromatic heterocycles. The Hall–Kier alpha value is -2.08. The first-order valence-electron chi connectivity index (χ1n) is 11.0. The van der Waals surface area contributed by atoms with Crippen LogP contribution in [0.2, 0.25) is 5.02 Å². The molecule has 0 atom stereocenters. The lowest BCUT2D eigenvalue weighted by Gasteiger charge is -2.32. The smallest absolute Gasteiger partial charge is 0.0738 e. The number of nitrogens with one attached hydrogen (secondary N) is 2. The monoisotopic (exact) mass is 423 g/mol. The molecule has 30 heavy (non-hydrogen) atoms. The molecule has 0 saturated carbocycles. The van der Waals surface area contributed by atoms with Crippen molar-refractivity contribution in [3.8, 4) is 0 Å². The maximum Gasteiger partial charge on any atom is 0.0738 e. The van der Waals surface area contributed by atoms with Crippen molar-refractivity contribution < 1.29 is 0 Å². The van der Waals surface area contributed by atoms with Gasteiger partial charge in [0.1, 0.15) is 0 Å². The summed E-state index contributed by atoms with van der Waals surface area (Å²) in [4.78, 5) is 7.16. The first kappa shape index (κ1) is 19.9. The summed E-state index contributed by atoms with van der Waals surface area (Å²) in [7, 11) is 0. The molecule has 2 saturated heterocycles. The minimum atomic E-state index is 0.418. The van der Waals surface area contributed by atoms with Gasteiger partial charge in [-0.1, -0.05) is 11.6 Å². The summed E-state index contributed by atoms with van der Waals surface area (Å²) >= 11 is 6.14. The van der Waals surface area contributed by atoms with Crippen molar-refractivity contribution in [1.82, 2.24) is 19.9 Å². The fourth-order valence-electron chi connectivity index (χ4n) is 5.46. The first-order valence-corrected chi connectivity index (χ1v) is 11.4. The SMILES string of the molecule is Cc1cc(CNCC23CCCN2CCC3)c(C)n1Nc1ccnc2cc(Cl)ccc12. The Morgan fingerprint density at radius 2 is 1.90 bits per heavy atom. The van der Waals surface area contributed by atoms with Gasteiger partial charge in [0.05, 0.1) is 11.2 Å².